The molecule has 0 radical (unpaired) electrons. The number of rotatable bonds is 5. The first-order chi connectivity index (χ1) is 13.7. The van der Waals surface area contributed by atoms with E-state index in [1.54, 1.807) is 4.90 Å². The Kier molecular flexibility index (Phi) is 6.83. The fourth-order valence-electron chi connectivity index (χ4n) is 4.11. The van der Waals surface area contributed by atoms with E-state index in [0.29, 0.717) is 26.1 Å². The standard InChI is InChI=1S/C23H35N3O3/c1-17-7-9-18(10-8-17)20(25-12-5-6-13-25)15-24-21(27)19-11-14-26(16-19)22(28)29-23(2,3)4/h7-10,19-20H,5-6,11-16H2,1-4H3,(H,24,27). The van der Waals surface area contributed by atoms with Crippen molar-refractivity contribution >= 4 is 12.0 Å². The van der Waals surface area contributed by atoms with Crippen LogP contribution in [0.25, 0.3) is 0 Å². The normalized spacial score (nSPS) is 21.2. The topological polar surface area (TPSA) is 61.9 Å². The Morgan fingerprint density at radius 2 is 1.79 bits per heavy atom. The molecule has 3 rings (SSSR count). The van der Waals surface area contributed by atoms with Crippen molar-refractivity contribution in [2.75, 3.05) is 32.7 Å². The molecule has 6 heteroatoms. The lowest BCUT2D eigenvalue weighted by molar-refractivity contribution is -0.124. The minimum atomic E-state index is -0.519. The van der Waals surface area contributed by atoms with Gasteiger partial charge in [-0.2, -0.15) is 0 Å². The maximum absolute atomic E-state index is 12.8. The van der Waals surface area contributed by atoms with Crippen LogP contribution >= 0.6 is 0 Å². The number of hydrogen-bond acceptors (Lipinski definition) is 4. The van der Waals surface area contributed by atoms with Gasteiger partial charge in [-0.1, -0.05) is 29.8 Å². The lowest BCUT2D eigenvalue weighted by Gasteiger charge is -2.29. The molecule has 1 aromatic carbocycles. The number of benzene rings is 1. The third-order valence-corrected chi connectivity index (χ3v) is 5.72. The number of amides is 2. The molecule has 2 heterocycles. The zero-order chi connectivity index (χ0) is 21.0. The number of nitrogens with zero attached hydrogens (tertiary/aromatic N) is 2. The minimum Gasteiger partial charge on any atom is -0.444 e. The van der Waals surface area contributed by atoms with Crippen molar-refractivity contribution in [1.29, 1.82) is 0 Å². The predicted molar refractivity (Wildman–Crippen MR) is 114 cm³/mol. The summed E-state index contributed by atoms with van der Waals surface area (Å²) in [6.07, 6.45) is 2.78. The highest BCUT2D eigenvalue weighted by molar-refractivity contribution is 5.80. The quantitative estimate of drug-likeness (QED) is 0.820. The van der Waals surface area contributed by atoms with Gasteiger partial charge in [-0.3, -0.25) is 9.69 Å². The van der Waals surface area contributed by atoms with E-state index in [0.717, 1.165) is 13.1 Å². The first-order valence-corrected chi connectivity index (χ1v) is 10.8. The van der Waals surface area contributed by atoms with Crippen LogP contribution in [-0.4, -0.2) is 60.1 Å². The first-order valence-electron chi connectivity index (χ1n) is 10.8. The van der Waals surface area contributed by atoms with Gasteiger partial charge in [-0.15, -0.1) is 0 Å². The van der Waals surface area contributed by atoms with Crippen LogP contribution < -0.4 is 5.32 Å². The molecule has 160 valence electrons. The summed E-state index contributed by atoms with van der Waals surface area (Å²) in [6, 6.07) is 8.81. The fourth-order valence-corrected chi connectivity index (χ4v) is 4.11. The summed E-state index contributed by atoms with van der Waals surface area (Å²) in [5, 5.41) is 3.16. The van der Waals surface area contributed by atoms with Crippen LogP contribution in [0.2, 0.25) is 0 Å². The van der Waals surface area contributed by atoms with E-state index in [1.165, 1.54) is 24.0 Å². The zero-order valence-electron chi connectivity index (χ0n) is 18.2. The molecular weight excluding hydrogens is 366 g/mol. The van der Waals surface area contributed by atoms with Crippen molar-refractivity contribution in [3.05, 3.63) is 35.4 Å². The van der Waals surface area contributed by atoms with Gasteiger partial charge in [-0.05, 0) is 65.6 Å². The molecule has 1 aromatic rings. The Hall–Kier alpha value is -2.08. The third kappa shape index (κ3) is 5.95. The van der Waals surface area contributed by atoms with Crippen molar-refractivity contribution in [2.45, 2.75) is 58.6 Å². The molecule has 1 N–H and O–H groups in total. The zero-order valence-corrected chi connectivity index (χ0v) is 18.2. The van der Waals surface area contributed by atoms with Crippen LogP contribution in [0.5, 0.6) is 0 Å². The largest absolute Gasteiger partial charge is 0.444 e. The number of nitrogens with one attached hydrogen (secondary N) is 1. The summed E-state index contributed by atoms with van der Waals surface area (Å²) in [7, 11) is 0. The van der Waals surface area contributed by atoms with Crippen LogP contribution in [0.4, 0.5) is 4.79 Å². The Balaban J connectivity index is 1.56. The molecule has 0 bridgehead atoms. The summed E-state index contributed by atoms with van der Waals surface area (Å²) in [5.74, 6) is -0.132. The number of carbonyl (C=O) groups is 2. The van der Waals surface area contributed by atoms with Crippen molar-refractivity contribution in [3.63, 3.8) is 0 Å². The summed E-state index contributed by atoms with van der Waals surface area (Å²) in [6.45, 7) is 11.4. The van der Waals surface area contributed by atoms with Gasteiger partial charge < -0.3 is 15.0 Å². The molecule has 0 spiro atoms. The smallest absolute Gasteiger partial charge is 0.410 e. The predicted octanol–water partition coefficient (Wildman–Crippen LogP) is 3.51. The van der Waals surface area contributed by atoms with Gasteiger partial charge in [0.2, 0.25) is 5.91 Å². The number of aryl methyl sites for hydroxylation is 1. The molecule has 2 fully saturated rings. The van der Waals surface area contributed by atoms with Crippen molar-refractivity contribution in [3.8, 4) is 0 Å². The highest BCUT2D eigenvalue weighted by Crippen LogP contribution is 2.26. The molecule has 6 nitrogen and oxygen atoms in total. The van der Waals surface area contributed by atoms with Crippen LogP contribution in [-0.2, 0) is 9.53 Å². The van der Waals surface area contributed by atoms with E-state index in [-0.39, 0.29) is 24.0 Å². The molecule has 2 saturated heterocycles. The van der Waals surface area contributed by atoms with Crippen LogP contribution in [0, 0.1) is 12.8 Å². The number of ether oxygens (including phenoxy) is 1. The second kappa shape index (κ2) is 9.16. The van der Waals surface area contributed by atoms with Gasteiger partial charge in [0.25, 0.3) is 0 Å². The number of carbonyl (C=O) groups excluding carboxylic acids is 2. The van der Waals surface area contributed by atoms with E-state index >= 15 is 0 Å². The lowest BCUT2D eigenvalue weighted by Crippen LogP contribution is -2.40. The van der Waals surface area contributed by atoms with Crippen LogP contribution in [0.15, 0.2) is 24.3 Å². The average molecular weight is 402 g/mol. The minimum absolute atomic E-state index is 0.0346. The maximum Gasteiger partial charge on any atom is 0.410 e. The van der Waals surface area contributed by atoms with Crippen molar-refractivity contribution in [1.82, 2.24) is 15.1 Å². The summed E-state index contributed by atoms with van der Waals surface area (Å²) in [5.41, 5.74) is 1.97. The van der Waals surface area contributed by atoms with Gasteiger partial charge >= 0.3 is 6.09 Å². The van der Waals surface area contributed by atoms with Crippen LogP contribution in [0.1, 0.15) is 57.2 Å². The molecule has 2 aliphatic heterocycles. The number of likely N-dealkylation sites (tertiary alicyclic amines) is 2. The van der Waals surface area contributed by atoms with Gasteiger partial charge in [0.1, 0.15) is 5.60 Å². The Morgan fingerprint density at radius 3 is 2.41 bits per heavy atom. The van der Waals surface area contributed by atoms with Gasteiger partial charge in [0.15, 0.2) is 0 Å². The highest BCUT2D eigenvalue weighted by atomic mass is 16.6. The molecule has 2 amide bonds. The van der Waals surface area contributed by atoms with E-state index in [9.17, 15) is 9.59 Å². The summed E-state index contributed by atoms with van der Waals surface area (Å²) >= 11 is 0. The number of hydrogen-bond donors (Lipinski definition) is 1. The Labute approximate surface area is 174 Å². The van der Waals surface area contributed by atoms with Crippen LogP contribution in [0.3, 0.4) is 0 Å². The molecule has 2 aliphatic rings. The van der Waals surface area contributed by atoms with E-state index < -0.39 is 5.60 Å². The molecule has 2 atom stereocenters. The SMILES string of the molecule is Cc1ccc(C(CNC(=O)C2CCN(C(=O)OC(C)(C)C)C2)N2CCCC2)cc1. The monoisotopic (exact) mass is 401 g/mol. The molecule has 0 saturated carbocycles. The van der Waals surface area contributed by atoms with Crippen molar-refractivity contribution < 1.29 is 14.3 Å². The Bertz CT molecular complexity index is 705. The van der Waals surface area contributed by atoms with Gasteiger partial charge in [0.05, 0.1) is 12.0 Å². The fraction of sp³-hybridized carbons (Fsp3) is 0.652. The lowest BCUT2D eigenvalue weighted by atomic mass is 10.0. The molecular formula is C23H35N3O3. The van der Waals surface area contributed by atoms with Crippen molar-refractivity contribution in [2.24, 2.45) is 5.92 Å². The first kappa shape index (κ1) is 21.6. The summed E-state index contributed by atoms with van der Waals surface area (Å²) in [4.78, 5) is 29.2. The second-order valence-electron chi connectivity index (χ2n) is 9.33. The third-order valence-electron chi connectivity index (χ3n) is 5.72. The summed E-state index contributed by atoms with van der Waals surface area (Å²) < 4.78 is 5.43. The van der Waals surface area contributed by atoms with Gasteiger partial charge in [-0.25, -0.2) is 4.79 Å². The van der Waals surface area contributed by atoms with E-state index in [2.05, 4.69) is 41.4 Å². The average Bonchev–Trinajstić information content (AvgIpc) is 3.34. The molecule has 0 aromatic heterocycles. The maximum atomic E-state index is 12.8. The highest BCUT2D eigenvalue weighted by Gasteiger charge is 2.34. The molecule has 29 heavy (non-hydrogen) atoms. The second-order valence-corrected chi connectivity index (χ2v) is 9.33. The molecule has 2 unspecified atom stereocenters. The Morgan fingerprint density at radius 1 is 1.14 bits per heavy atom. The van der Waals surface area contributed by atoms with E-state index in [1.807, 2.05) is 20.8 Å². The van der Waals surface area contributed by atoms with E-state index in [4.69, 9.17) is 4.74 Å². The molecule has 0 aliphatic carbocycles. The van der Waals surface area contributed by atoms with Gasteiger partial charge in [0, 0.05) is 19.6 Å².